The number of halogens is 1. The van der Waals surface area contributed by atoms with Crippen molar-refractivity contribution in [2.75, 3.05) is 7.11 Å². The van der Waals surface area contributed by atoms with Crippen molar-refractivity contribution in [2.45, 2.75) is 0 Å². The van der Waals surface area contributed by atoms with Crippen LogP contribution in [0.4, 0.5) is 0 Å². The zero-order valence-electron chi connectivity index (χ0n) is 7.53. The van der Waals surface area contributed by atoms with E-state index in [1.807, 2.05) is 24.3 Å². The highest BCUT2D eigenvalue weighted by Gasteiger charge is 2.04. The van der Waals surface area contributed by atoms with Gasteiger partial charge in [-0.2, -0.15) is 0 Å². The van der Waals surface area contributed by atoms with Gasteiger partial charge in [0.25, 0.3) is 0 Å². The molecule has 14 heavy (non-hydrogen) atoms. The Balaban J connectivity index is 2.33. The van der Waals surface area contributed by atoms with Crippen molar-refractivity contribution in [2.24, 2.45) is 0 Å². The molecule has 2 rings (SSSR count). The van der Waals surface area contributed by atoms with Crippen LogP contribution in [0.1, 0.15) is 0 Å². The molecular formula is C10H8ClNO2. The van der Waals surface area contributed by atoms with E-state index in [4.69, 9.17) is 20.9 Å². The Labute approximate surface area is 86.2 Å². The topological polar surface area (TPSA) is 35.3 Å². The highest BCUT2D eigenvalue weighted by atomic mass is 35.5. The van der Waals surface area contributed by atoms with E-state index in [2.05, 4.69) is 5.16 Å². The normalized spacial score (nSPS) is 10.1. The van der Waals surface area contributed by atoms with Gasteiger partial charge in [-0.1, -0.05) is 16.8 Å². The van der Waals surface area contributed by atoms with Gasteiger partial charge in [-0.15, -0.1) is 0 Å². The van der Waals surface area contributed by atoms with Crippen LogP contribution in [0.15, 0.2) is 34.9 Å². The molecule has 1 aromatic heterocycles. The van der Waals surface area contributed by atoms with E-state index in [-0.39, 0.29) is 0 Å². The molecule has 0 N–H and O–H groups in total. The second-order valence-electron chi connectivity index (χ2n) is 2.74. The summed E-state index contributed by atoms with van der Waals surface area (Å²) in [6.45, 7) is 0. The lowest BCUT2D eigenvalue weighted by Gasteiger charge is -1.99. The smallest absolute Gasteiger partial charge is 0.172 e. The molecule has 1 heterocycles. The number of hydrogen-bond donors (Lipinski definition) is 0. The lowest BCUT2D eigenvalue weighted by molar-refractivity contribution is 0.414. The average Bonchev–Trinajstić information content (AvgIpc) is 2.65. The first-order chi connectivity index (χ1) is 6.79. The minimum Gasteiger partial charge on any atom is -0.497 e. The van der Waals surface area contributed by atoms with E-state index in [9.17, 15) is 0 Å². The SMILES string of the molecule is COc1ccc(-c2cc(Cl)no2)cc1. The fourth-order valence-electron chi connectivity index (χ4n) is 1.14. The van der Waals surface area contributed by atoms with Crippen LogP contribution in [0.2, 0.25) is 5.15 Å². The van der Waals surface area contributed by atoms with Crippen molar-refractivity contribution in [1.82, 2.24) is 5.16 Å². The van der Waals surface area contributed by atoms with Gasteiger partial charge in [-0.3, -0.25) is 0 Å². The molecule has 0 radical (unpaired) electrons. The maximum absolute atomic E-state index is 5.64. The van der Waals surface area contributed by atoms with Gasteiger partial charge in [0.05, 0.1) is 7.11 Å². The van der Waals surface area contributed by atoms with Gasteiger partial charge in [-0.25, -0.2) is 0 Å². The Morgan fingerprint density at radius 3 is 2.50 bits per heavy atom. The van der Waals surface area contributed by atoms with Crippen molar-refractivity contribution in [1.29, 1.82) is 0 Å². The van der Waals surface area contributed by atoms with Crippen LogP contribution in [-0.4, -0.2) is 12.3 Å². The average molecular weight is 210 g/mol. The van der Waals surface area contributed by atoms with Gasteiger partial charge < -0.3 is 9.26 Å². The van der Waals surface area contributed by atoms with Crippen molar-refractivity contribution in [3.63, 3.8) is 0 Å². The molecule has 0 aliphatic rings. The first kappa shape index (κ1) is 9.09. The van der Waals surface area contributed by atoms with E-state index in [0.717, 1.165) is 11.3 Å². The summed E-state index contributed by atoms with van der Waals surface area (Å²) in [6, 6.07) is 9.15. The quantitative estimate of drug-likeness (QED) is 0.763. The summed E-state index contributed by atoms with van der Waals surface area (Å²) < 4.78 is 10.0. The lowest BCUT2D eigenvalue weighted by atomic mass is 10.2. The van der Waals surface area contributed by atoms with Crippen LogP contribution in [0.25, 0.3) is 11.3 Å². The molecule has 72 valence electrons. The summed E-state index contributed by atoms with van der Waals surface area (Å²) in [6.07, 6.45) is 0. The Kier molecular flexibility index (Phi) is 2.41. The Morgan fingerprint density at radius 1 is 1.29 bits per heavy atom. The molecule has 0 aliphatic carbocycles. The summed E-state index contributed by atoms with van der Waals surface area (Å²) in [4.78, 5) is 0. The highest BCUT2D eigenvalue weighted by molar-refractivity contribution is 6.29. The number of benzene rings is 1. The third kappa shape index (κ3) is 1.72. The van der Waals surface area contributed by atoms with E-state index >= 15 is 0 Å². The van der Waals surface area contributed by atoms with Crippen LogP contribution in [0.3, 0.4) is 0 Å². The summed E-state index contributed by atoms with van der Waals surface area (Å²) in [5.74, 6) is 1.46. The van der Waals surface area contributed by atoms with Crippen LogP contribution in [0, 0.1) is 0 Å². The first-order valence-electron chi connectivity index (χ1n) is 4.06. The molecule has 0 unspecified atom stereocenters. The standard InChI is InChI=1S/C10H8ClNO2/c1-13-8-4-2-7(3-5-8)9-6-10(11)12-14-9/h2-6H,1H3. The van der Waals surface area contributed by atoms with Gasteiger partial charge in [0.1, 0.15) is 5.75 Å². The van der Waals surface area contributed by atoms with Crippen LogP contribution in [-0.2, 0) is 0 Å². The molecule has 0 saturated heterocycles. The highest BCUT2D eigenvalue weighted by Crippen LogP contribution is 2.24. The Bertz CT molecular complexity index is 422. The maximum atomic E-state index is 5.64. The molecule has 0 atom stereocenters. The number of rotatable bonds is 2. The van der Waals surface area contributed by atoms with E-state index in [1.54, 1.807) is 13.2 Å². The monoisotopic (exact) mass is 209 g/mol. The van der Waals surface area contributed by atoms with Gasteiger partial charge >= 0.3 is 0 Å². The number of nitrogens with zero attached hydrogens (tertiary/aromatic N) is 1. The summed E-state index contributed by atoms with van der Waals surface area (Å²) in [5, 5.41) is 3.95. The number of aromatic nitrogens is 1. The van der Waals surface area contributed by atoms with E-state index < -0.39 is 0 Å². The summed E-state index contributed by atoms with van der Waals surface area (Å²) in [7, 11) is 1.63. The van der Waals surface area contributed by atoms with Crippen molar-refractivity contribution in [3.05, 3.63) is 35.5 Å². The number of ether oxygens (including phenoxy) is 1. The molecule has 3 nitrogen and oxygen atoms in total. The molecule has 1 aromatic carbocycles. The van der Waals surface area contributed by atoms with E-state index in [0.29, 0.717) is 10.9 Å². The zero-order chi connectivity index (χ0) is 9.97. The molecule has 0 fully saturated rings. The third-order valence-electron chi connectivity index (χ3n) is 1.86. The van der Waals surface area contributed by atoms with Crippen LogP contribution >= 0.6 is 11.6 Å². The van der Waals surface area contributed by atoms with Gasteiger partial charge in [0, 0.05) is 11.6 Å². The predicted molar refractivity (Wildman–Crippen MR) is 53.5 cm³/mol. The molecule has 0 amide bonds. The molecule has 2 aromatic rings. The number of hydrogen-bond acceptors (Lipinski definition) is 3. The van der Waals surface area contributed by atoms with Crippen molar-refractivity contribution < 1.29 is 9.26 Å². The molecule has 0 bridgehead atoms. The largest absolute Gasteiger partial charge is 0.497 e. The van der Waals surface area contributed by atoms with Gasteiger partial charge in [-0.05, 0) is 24.3 Å². The fraction of sp³-hybridized carbons (Fsp3) is 0.100. The van der Waals surface area contributed by atoms with Gasteiger partial charge in [0.2, 0.25) is 0 Å². The minimum atomic E-state index is 0.357. The molecule has 0 saturated carbocycles. The lowest BCUT2D eigenvalue weighted by Crippen LogP contribution is -1.81. The van der Waals surface area contributed by atoms with Crippen LogP contribution in [0.5, 0.6) is 5.75 Å². The molecular weight excluding hydrogens is 202 g/mol. The van der Waals surface area contributed by atoms with Crippen LogP contribution < -0.4 is 4.74 Å². The zero-order valence-corrected chi connectivity index (χ0v) is 8.28. The second kappa shape index (κ2) is 3.72. The molecule has 4 heteroatoms. The predicted octanol–water partition coefficient (Wildman–Crippen LogP) is 3.00. The molecule has 0 aliphatic heterocycles. The Hall–Kier alpha value is -1.48. The molecule has 0 spiro atoms. The summed E-state index contributed by atoms with van der Waals surface area (Å²) >= 11 is 5.64. The minimum absolute atomic E-state index is 0.357. The van der Waals surface area contributed by atoms with Gasteiger partial charge in [0.15, 0.2) is 10.9 Å². The van der Waals surface area contributed by atoms with E-state index in [1.165, 1.54) is 0 Å². The number of methoxy groups -OCH3 is 1. The fourth-order valence-corrected chi connectivity index (χ4v) is 1.28. The van der Waals surface area contributed by atoms with Crippen molar-refractivity contribution in [3.8, 4) is 17.1 Å². The Morgan fingerprint density at radius 2 is 2.00 bits per heavy atom. The third-order valence-corrected chi connectivity index (χ3v) is 2.03. The second-order valence-corrected chi connectivity index (χ2v) is 3.13. The van der Waals surface area contributed by atoms with Crippen molar-refractivity contribution >= 4 is 11.6 Å². The maximum Gasteiger partial charge on any atom is 0.172 e. The first-order valence-corrected chi connectivity index (χ1v) is 4.44. The summed E-state index contributed by atoms with van der Waals surface area (Å²) in [5.41, 5.74) is 0.921.